The standard InChI is InChI=1S/C29H36N2O4/c1-5-20-9-11-21(12-10-20)26-25(27(32)22-13-14-24-23(18-22)17-19(4)35-24)28(33)29(34)31(26)16-8-15-30(6-2)7-3/h9-14,18-19,26,32H,5-8,15-17H2,1-4H3/b27-25-. The number of carbonyl (C=O) groups is 2. The quantitative estimate of drug-likeness (QED) is 0.322. The van der Waals surface area contributed by atoms with E-state index in [1.807, 2.05) is 43.3 Å². The number of likely N-dealkylation sites (tertiary alicyclic amines) is 1. The van der Waals surface area contributed by atoms with Crippen molar-refractivity contribution in [2.75, 3.05) is 26.2 Å². The van der Waals surface area contributed by atoms with Crippen LogP contribution in [0.5, 0.6) is 5.75 Å². The zero-order valence-electron chi connectivity index (χ0n) is 21.2. The maximum atomic E-state index is 13.3. The molecule has 2 aromatic rings. The molecule has 6 heteroatoms. The average Bonchev–Trinajstić information content (AvgIpc) is 3.37. The molecule has 0 aromatic heterocycles. The molecule has 2 aromatic carbocycles. The minimum Gasteiger partial charge on any atom is -0.507 e. The second-order valence-electron chi connectivity index (χ2n) is 9.42. The van der Waals surface area contributed by atoms with E-state index in [1.54, 1.807) is 11.0 Å². The van der Waals surface area contributed by atoms with E-state index in [4.69, 9.17) is 4.74 Å². The minimum absolute atomic E-state index is 0.0795. The van der Waals surface area contributed by atoms with Crippen LogP contribution in [0.4, 0.5) is 0 Å². The molecule has 1 saturated heterocycles. The maximum absolute atomic E-state index is 13.3. The van der Waals surface area contributed by atoms with Crippen LogP contribution in [-0.4, -0.2) is 58.9 Å². The van der Waals surface area contributed by atoms with Gasteiger partial charge in [-0.2, -0.15) is 0 Å². The topological polar surface area (TPSA) is 70.1 Å². The molecule has 0 bridgehead atoms. The molecule has 0 aliphatic carbocycles. The number of benzene rings is 2. The number of aliphatic hydroxyl groups excluding tert-OH is 1. The summed E-state index contributed by atoms with van der Waals surface area (Å²) in [6, 6.07) is 12.9. The molecule has 0 spiro atoms. The molecule has 1 N–H and O–H groups in total. The van der Waals surface area contributed by atoms with E-state index < -0.39 is 17.7 Å². The lowest BCUT2D eigenvalue weighted by atomic mass is 9.93. The van der Waals surface area contributed by atoms with Crippen molar-refractivity contribution in [3.05, 3.63) is 70.3 Å². The van der Waals surface area contributed by atoms with Gasteiger partial charge in [0, 0.05) is 18.5 Å². The zero-order chi connectivity index (χ0) is 25.1. The van der Waals surface area contributed by atoms with Crippen LogP contribution in [0.1, 0.15) is 62.4 Å². The van der Waals surface area contributed by atoms with Crippen molar-refractivity contribution in [3.63, 3.8) is 0 Å². The van der Waals surface area contributed by atoms with Gasteiger partial charge in [-0.3, -0.25) is 9.59 Å². The number of ketones is 1. The Morgan fingerprint density at radius 1 is 1.09 bits per heavy atom. The van der Waals surface area contributed by atoms with E-state index >= 15 is 0 Å². The summed E-state index contributed by atoms with van der Waals surface area (Å²) in [6.07, 6.45) is 2.49. The lowest BCUT2D eigenvalue weighted by Gasteiger charge is -2.27. The largest absolute Gasteiger partial charge is 0.507 e. The number of carbonyl (C=O) groups excluding carboxylic acids is 2. The molecule has 1 amide bonds. The van der Waals surface area contributed by atoms with Crippen LogP contribution in [-0.2, 0) is 22.4 Å². The van der Waals surface area contributed by atoms with Crippen LogP contribution >= 0.6 is 0 Å². The monoisotopic (exact) mass is 476 g/mol. The van der Waals surface area contributed by atoms with Crippen molar-refractivity contribution in [2.24, 2.45) is 0 Å². The number of aliphatic hydroxyl groups is 1. The van der Waals surface area contributed by atoms with Gasteiger partial charge in [-0.15, -0.1) is 0 Å². The molecule has 0 radical (unpaired) electrons. The summed E-state index contributed by atoms with van der Waals surface area (Å²) >= 11 is 0. The van der Waals surface area contributed by atoms with Gasteiger partial charge in [0.2, 0.25) is 0 Å². The summed E-state index contributed by atoms with van der Waals surface area (Å²) in [7, 11) is 0. The second kappa shape index (κ2) is 10.6. The van der Waals surface area contributed by atoms with Gasteiger partial charge in [0.15, 0.2) is 0 Å². The third kappa shape index (κ3) is 4.98. The first-order chi connectivity index (χ1) is 16.9. The van der Waals surface area contributed by atoms with Crippen molar-refractivity contribution in [1.29, 1.82) is 0 Å². The van der Waals surface area contributed by atoms with E-state index in [9.17, 15) is 14.7 Å². The van der Waals surface area contributed by atoms with Crippen molar-refractivity contribution in [1.82, 2.24) is 9.80 Å². The van der Waals surface area contributed by atoms with Gasteiger partial charge in [-0.1, -0.05) is 45.0 Å². The summed E-state index contributed by atoms with van der Waals surface area (Å²) in [5.41, 5.74) is 3.72. The van der Waals surface area contributed by atoms with E-state index in [-0.39, 0.29) is 17.4 Å². The molecule has 2 aliphatic rings. The summed E-state index contributed by atoms with van der Waals surface area (Å²) in [4.78, 5) is 30.4. The van der Waals surface area contributed by atoms with Gasteiger partial charge in [0.25, 0.3) is 11.7 Å². The fraction of sp³-hybridized carbons (Fsp3) is 0.448. The summed E-state index contributed by atoms with van der Waals surface area (Å²) in [5.74, 6) is -0.493. The highest BCUT2D eigenvalue weighted by atomic mass is 16.5. The average molecular weight is 477 g/mol. The van der Waals surface area contributed by atoms with Gasteiger partial charge >= 0.3 is 0 Å². The van der Waals surface area contributed by atoms with Crippen LogP contribution in [0.3, 0.4) is 0 Å². The number of fused-ring (bicyclic) bond motifs is 1. The van der Waals surface area contributed by atoms with Crippen molar-refractivity contribution >= 4 is 17.4 Å². The van der Waals surface area contributed by atoms with Crippen LogP contribution in [0.15, 0.2) is 48.0 Å². The van der Waals surface area contributed by atoms with Gasteiger partial charge in [-0.25, -0.2) is 0 Å². The first kappa shape index (κ1) is 25.0. The van der Waals surface area contributed by atoms with Crippen LogP contribution in [0.2, 0.25) is 0 Å². The highest BCUT2D eigenvalue weighted by Gasteiger charge is 2.45. The minimum atomic E-state index is -0.625. The molecule has 0 saturated carbocycles. The Morgan fingerprint density at radius 2 is 1.80 bits per heavy atom. The fourth-order valence-corrected chi connectivity index (χ4v) is 5.12. The first-order valence-corrected chi connectivity index (χ1v) is 12.8. The number of Topliss-reactive ketones (excluding diaryl/α,β-unsaturated/α-hetero) is 1. The first-order valence-electron chi connectivity index (χ1n) is 12.8. The molecule has 2 atom stereocenters. The van der Waals surface area contributed by atoms with Crippen LogP contribution in [0.25, 0.3) is 5.76 Å². The van der Waals surface area contributed by atoms with Gasteiger partial charge in [0.1, 0.15) is 17.6 Å². The molecular weight excluding hydrogens is 440 g/mol. The normalized spacial score (nSPS) is 21.0. The molecule has 186 valence electrons. The molecule has 2 aliphatic heterocycles. The third-order valence-electron chi connectivity index (χ3n) is 7.18. The van der Waals surface area contributed by atoms with E-state index in [1.165, 1.54) is 5.56 Å². The molecule has 2 unspecified atom stereocenters. The second-order valence-corrected chi connectivity index (χ2v) is 9.42. The lowest BCUT2D eigenvalue weighted by molar-refractivity contribution is -0.140. The molecule has 1 fully saturated rings. The molecule has 2 heterocycles. The number of rotatable bonds is 9. The summed E-state index contributed by atoms with van der Waals surface area (Å²) in [5, 5.41) is 11.4. The molecule has 4 rings (SSSR count). The summed E-state index contributed by atoms with van der Waals surface area (Å²) in [6.45, 7) is 11.5. The number of aryl methyl sites for hydroxylation is 1. The van der Waals surface area contributed by atoms with E-state index in [0.29, 0.717) is 12.1 Å². The van der Waals surface area contributed by atoms with Crippen LogP contribution < -0.4 is 4.74 Å². The van der Waals surface area contributed by atoms with Gasteiger partial charge < -0.3 is 19.6 Å². The third-order valence-corrected chi connectivity index (χ3v) is 7.18. The van der Waals surface area contributed by atoms with E-state index in [0.717, 1.165) is 55.8 Å². The molecule has 6 nitrogen and oxygen atoms in total. The lowest BCUT2D eigenvalue weighted by Crippen LogP contribution is -2.33. The number of ether oxygens (including phenoxy) is 1. The Morgan fingerprint density at radius 3 is 2.46 bits per heavy atom. The van der Waals surface area contributed by atoms with Gasteiger partial charge in [-0.05, 0) is 74.3 Å². The Balaban J connectivity index is 1.73. The Kier molecular flexibility index (Phi) is 7.60. The highest BCUT2D eigenvalue weighted by molar-refractivity contribution is 6.46. The highest BCUT2D eigenvalue weighted by Crippen LogP contribution is 2.40. The predicted molar refractivity (Wildman–Crippen MR) is 137 cm³/mol. The summed E-state index contributed by atoms with van der Waals surface area (Å²) < 4.78 is 5.79. The predicted octanol–water partition coefficient (Wildman–Crippen LogP) is 4.73. The Bertz CT molecular complexity index is 1120. The Hall–Kier alpha value is -3.12. The Labute approximate surface area is 208 Å². The van der Waals surface area contributed by atoms with Gasteiger partial charge in [0.05, 0.1) is 11.6 Å². The number of hydrogen-bond acceptors (Lipinski definition) is 5. The fourth-order valence-electron chi connectivity index (χ4n) is 5.12. The van der Waals surface area contributed by atoms with Crippen molar-refractivity contribution in [2.45, 2.75) is 59.1 Å². The zero-order valence-corrected chi connectivity index (χ0v) is 21.2. The van der Waals surface area contributed by atoms with Crippen molar-refractivity contribution in [3.8, 4) is 5.75 Å². The molecular formula is C29H36N2O4. The van der Waals surface area contributed by atoms with Crippen molar-refractivity contribution < 1.29 is 19.4 Å². The molecule has 35 heavy (non-hydrogen) atoms. The number of amides is 1. The van der Waals surface area contributed by atoms with E-state index in [2.05, 4.69) is 25.7 Å². The van der Waals surface area contributed by atoms with Crippen LogP contribution in [0, 0.1) is 0 Å². The number of hydrogen-bond donors (Lipinski definition) is 1. The SMILES string of the molecule is CCc1ccc(C2/C(=C(/O)c3ccc4c(c3)CC(C)O4)C(=O)C(=O)N2CCCN(CC)CC)cc1. The maximum Gasteiger partial charge on any atom is 0.295 e. The number of nitrogens with zero attached hydrogens (tertiary/aromatic N) is 2. The smallest absolute Gasteiger partial charge is 0.295 e.